The Bertz CT molecular complexity index is 661. The first kappa shape index (κ1) is 13.9. The zero-order valence-corrected chi connectivity index (χ0v) is 11.8. The summed E-state index contributed by atoms with van der Waals surface area (Å²) in [6, 6.07) is 5.23. The molecule has 1 N–H and O–H groups in total. The van der Waals surface area contributed by atoms with E-state index in [0.29, 0.717) is 17.2 Å². The predicted molar refractivity (Wildman–Crippen MR) is 73.4 cm³/mol. The van der Waals surface area contributed by atoms with Gasteiger partial charge in [-0.3, -0.25) is 4.68 Å². The second kappa shape index (κ2) is 5.24. The van der Waals surface area contributed by atoms with Crippen LogP contribution < -0.4 is 9.47 Å². The second-order valence-corrected chi connectivity index (χ2v) is 4.34. The Balaban J connectivity index is 2.71. The fraction of sp³-hybridized carbons (Fsp3) is 0.286. The molecule has 0 aliphatic carbocycles. The number of aromatic nitrogens is 2. The zero-order valence-electron chi connectivity index (χ0n) is 11.8. The largest absolute Gasteiger partial charge is 0.493 e. The van der Waals surface area contributed by atoms with Crippen LogP contribution in [0.3, 0.4) is 0 Å². The van der Waals surface area contributed by atoms with Crippen LogP contribution in [0.15, 0.2) is 18.2 Å². The number of aryl methyl sites for hydroxylation is 2. The lowest BCUT2D eigenvalue weighted by Gasteiger charge is -2.15. The van der Waals surface area contributed by atoms with E-state index in [1.807, 2.05) is 19.1 Å². The van der Waals surface area contributed by atoms with E-state index in [1.165, 1.54) is 10.7 Å². The first-order chi connectivity index (χ1) is 9.49. The Morgan fingerprint density at radius 3 is 2.50 bits per heavy atom. The summed E-state index contributed by atoms with van der Waals surface area (Å²) in [4.78, 5) is 11.0. The van der Waals surface area contributed by atoms with Crippen molar-refractivity contribution in [3.05, 3.63) is 29.5 Å². The number of carbonyl (C=O) groups is 1. The van der Waals surface area contributed by atoms with Crippen molar-refractivity contribution in [2.75, 3.05) is 14.2 Å². The summed E-state index contributed by atoms with van der Waals surface area (Å²) in [5, 5.41) is 13.0. The van der Waals surface area contributed by atoms with Gasteiger partial charge in [-0.25, -0.2) is 4.79 Å². The lowest BCUT2D eigenvalue weighted by molar-refractivity contribution is 0.0689. The van der Waals surface area contributed by atoms with Crippen LogP contribution >= 0.6 is 0 Å². The number of hydrogen-bond acceptors (Lipinski definition) is 4. The van der Waals surface area contributed by atoms with Gasteiger partial charge in [-0.15, -0.1) is 0 Å². The molecular formula is C14H16N2O4. The molecule has 1 aromatic heterocycles. The van der Waals surface area contributed by atoms with Gasteiger partial charge in [0.1, 0.15) is 0 Å². The van der Waals surface area contributed by atoms with E-state index < -0.39 is 5.97 Å². The van der Waals surface area contributed by atoms with Crippen LogP contribution in [0.5, 0.6) is 11.5 Å². The molecule has 0 aliphatic rings. The van der Waals surface area contributed by atoms with Crippen molar-refractivity contribution in [2.45, 2.75) is 6.92 Å². The van der Waals surface area contributed by atoms with Gasteiger partial charge in [-0.2, -0.15) is 5.10 Å². The molecule has 0 atom stereocenters. The smallest absolute Gasteiger partial charge is 0.356 e. The molecule has 0 amide bonds. The zero-order chi connectivity index (χ0) is 14.9. The third kappa shape index (κ3) is 2.20. The van der Waals surface area contributed by atoms with Crippen molar-refractivity contribution >= 4 is 5.97 Å². The number of nitrogens with zero attached hydrogens (tertiary/aromatic N) is 2. The van der Waals surface area contributed by atoms with Gasteiger partial charge in [0.2, 0.25) is 0 Å². The topological polar surface area (TPSA) is 73.6 Å². The van der Waals surface area contributed by atoms with Crippen LogP contribution in [0.2, 0.25) is 0 Å². The van der Waals surface area contributed by atoms with E-state index in [-0.39, 0.29) is 5.69 Å². The summed E-state index contributed by atoms with van der Waals surface area (Å²) in [5.74, 6) is 0.0879. The van der Waals surface area contributed by atoms with E-state index >= 15 is 0 Å². The van der Waals surface area contributed by atoms with Crippen molar-refractivity contribution in [1.82, 2.24) is 9.78 Å². The Labute approximate surface area is 116 Å². The van der Waals surface area contributed by atoms with Gasteiger partial charge in [0.05, 0.1) is 19.9 Å². The first-order valence-corrected chi connectivity index (χ1v) is 5.98. The van der Waals surface area contributed by atoms with Crippen molar-refractivity contribution in [3.63, 3.8) is 0 Å². The summed E-state index contributed by atoms with van der Waals surface area (Å²) < 4.78 is 12.2. The van der Waals surface area contributed by atoms with E-state index in [2.05, 4.69) is 5.10 Å². The molecular weight excluding hydrogens is 260 g/mol. The predicted octanol–water partition coefficient (Wildman–Crippen LogP) is 2.11. The molecule has 0 unspecified atom stereocenters. The Morgan fingerprint density at radius 2 is 2.00 bits per heavy atom. The highest BCUT2D eigenvalue weighted by Gasteiger charge is 2.20. The summed E-state index contributed by atoms with van der Waals surface area (Å²) in [5.41, 5.74) is 2.37. The van der Waals surface area contributed by atoms with E-state index in [9.17, 15) is 4.79 Å². The third-order valence-electron chi connectivity index (χ3n) is 3.11. The Kier molecular flexibility index (Phi) is 3.65. The van der Waals surface area contributed by atoms with Gasteiger partial charge in [0, 0.05) is 12.6 Å². The number of ether oxygens (including phenoxy) is 2. The highest BCUT2D eigenvalue weighted by Crippen LogP contribution is 2.40. The molecule has 0 saturated heterocycles. The Morgan fingerprint density at radius 1 is 1.30 bits per heavy atom. The quantitative estimate of drug-likeness (QED) is 0.925. The minimum atomic E-state index is -1.06. The number of benzene rings is 1. The molecule has 2 rings (SSSR count). The lowest BCUT2D eigenvalue weighted by atomic mass is 10.0. The van der Waals surface area contributed by atoms with Gasteiger partial charge in [-0.1, -0.05) is 6.07 Å². The SMILES string of the molecule is COc1ccc(C)c(-c2cc(C(=O)O)nn2C)c1OC. The summed E-state index contributed by atoms with van der Waals surface area (Å²) >= 11 is 0. The van der Waals surface area contributed by atoms with Crippen LogP contribution in [-0.2, 0) is 7.05 Å². The summed E-state index contributed by atoms with van der Waals surface area (Å²) in [6.07, 6.45) is 0. The van der Waals surface area contributed by atoms with Crippen molar-refractivity contribution in [2.24, 2.45) is 7.05 Å². The second-order valence-electron chi connectivity index (χ2n) is 4.34. The molecule has 0 saturated carbocycles. The Hall–Kier alpha value is -2.50. The molecule has 2 aromatic rings. The van der Waals surface area contributed by atoms with Gasteiger partial charge >= 0.3 is 5.97 Å². The highest BCUT2D eigenvalue weighted by atomic mass is 16.5. The number of carboxylic acids is 1. The highest BCUT2D eigenvalue weighted by molar-refractivity contribution is 5.88. The van der Waals surface area contributed by atoms with Crippen molar-refractivity contribution < 1.29 is 19.4 Å². The maximum atomic E-state index is 11.0. The van der Waals surface area contributed by atoms with Crippen LogP contribution in [0.4, 0.5) is 0 Å². The fourth-order valence-electron chi connectivity index (χ4n) is 2.15. The fourth-order valence-corrected chi connectivity index (χ4v) is 2.15. The van der Waals surface area contributed by atoms with Crippen LogP contribution in [-0.4, -0.2) is 35.1 Å². The summed E-state index contributed by atoms with van der Waals surface area (Å²) in [7, 11) is 4.80. The van der Waals surface area contributed by atoms with E-state index in [0.717, 1.165) is 11.1 Å². The van der Waals surface area contributed by atoms with Crippen LogP contribution in [0, 0.1) is 6.92 Å². The maximum Gasteiger partial charge on any atom is 0.356 e. The molecule has 6 heteroatoms. The molecule has 0 fully saturated rings. The minimum Gasteiger partial charge on any atom is -0.493 e. The number of aromatic carboxylic acids is 1. The molecule has 106 valence electrons. The molecule has 0 bridgehead atoms. The molecule has 6 nitrogen and oxygen atoms in total. The number of methoxy groups -OCH3 is 2. The van der Waals surface area contributed by atoms with Gasteiger partial charge < -0.3 is 14.6 Å². The normalized spacial score (nSPS) is 10.4. The molecule has 1 aromatic carbocycles. The first-order valence-electron chi connectivity index (χ1n) is 5.98. The minimum absolute atomic E-state index is 0.00762. The van der Waals surface area contributed by atoms with Crippen molar-refractivity contribution in [1.29, 1.82) is 0 Å². The molecule has 20 heavy (non-hydrogen) atoms. The van der Waals surface area contributed by atoms with Gasteiger partial charge in [0.25, 0.3) is 0 Å². The van der Waals surface area contributed by atoms with E-state index in [1.54, 1.807) is 21.3 Å². The number of rotatable bonds is 4. The molecule has 0 aliphatic heterocycles. The van der Waals surface area contributed by atoms with Gasteiger partial charge in [-0.05, 0) is 24.6 Å². The standard InChI is InChI=1S/C14H16N2O4/c1-8-5-6-11(19-3)13(20-4)12(8)10-7-9(14(17)18)15-16(10)2/h5-7H,1-4H3,(H,17,18). The summed E-state index contributed by atoms with van der Waals surface area (Å²) in [6.45, 7) is 1.92. The average Bonchev–Trinajstić information content (AvgIpc) is 2.80. The number of hydrogen-bond donors (Lipinski definition) is 1. The van der Waals surface area contributed by atoms with Crippen LogP contribution in [0.25, 0.3) is 11.3 Å². The third-order valence-corrected chi connectivity index (χ3v) is 3.11. The maximum absolute atomic E-state index is 11.0. The lowest BCUT2D eigenvalue weighted by Crippen LogP contribution is -2.01. The molecule has 1 heterocycles. The van der Waals surface area contributed by atoms with E-state index in [4.69, 9.17) is 14.6 Å². The number of carboxylic acid groups (broad SMARTS) is 1. The monoisotopic (exact) mass is 276 g/mol. The average molecular weight is 276 g/mol. The molecule has 0 radical (unpaired) electrons. The van der Waals surface area contributed by atoms with Crippen LogP contribution in [0.1, 0.15) is 16.1 Å². The van der Waals surface area contributed by atoms with Gasteiger partial charge in [0.15, 0.2) is 17.2 Å². The van der Waals surface area contributed by atoms with Crippen molar-refractivity contribution in [3.8, 4) is 22.8 Å². The molecule has 0 spiro atoms.